The quantitative estimate of drug-likeness (QED) is 0.146. The third-order valence-electron chi connectivity index (χ3n) is 12.6. The SMILES string of the molecule is COc1ccc(C2C3=CCC4C(=O)N(c5ccc(N6CCOCC6)cc5)C(=O)C4C3CC3C(=O)N(Nc4ncc(C(F)(F)F)cc4Cl)C(=O)C32c2ccc(Cl)cc2)cc1O. The van der Waals surface area contributed by atoms with Crippen molar-refractivity contribution in [1.82, 2.24) is 9.99 Å². The van der Waals surface area contributed by atoms with Crippen LogP contribution in [0.2, 0.25) is 10.0 Å². The molecule has 3 aliphatic heterocycles. The van der Waals surface area contributed by atoms with Crippen molar-refractivity contribution in [2.24, 2.45) is 23.7 Å². The number of allylic oxidation sites excluding steroid dienone is 2. The van der Waals surface area contributed by atoms with Gasteiger partial charge in [0.2, 0.25) is 11.8 Å². The zero-order valence-electron chi connectivity index (χ0n) is 31.8. The number of imide groups is 2. The van der Waals surface area contributed by atoms with Gasteiger partial charge in [-0.25, -0.2) is 4.98 Å². The van der Waals surface area contributed by atoms with Crippen LogP contribution in [0, 0.1) is 23.7 Å². The third-order valence-corrected chi connectivity index (χ3v) is 13.1. The number of phenolic OH excluding ortho intramolecular Hbond substituents is 1. The summed E-state index contributed by atoms with van der Waals surface area (Å²) in [4.78, 5) is 66.5. The number of anilines is 3. The van der Waals surface area contributed by atoms with Crippen molar-refractivity contribution >= 4 is 64.0 Å². The minimum absolute atomic E-state index is 0.0615. The predicted octanol–water partition coefficient (Wildman–Crippen LogP) is 7.15. The molecule has 9 rings (SSSR count). The van der Waals surface area contributed by atoms with Gasteiger partial charge in [0, 0.05) is 35.9 Å². The van der Waals surface area contributed by atoms with Crippen LogP contribution in [0.1, 0.15) is 35.4 Å². The molecule has 17 heteroatoms. The number of fused-ring (bicyclic) bond motifs is 4. The summed E-state index contributed by atoms with van der Waals surface area (Å²) < 4.78 is 51.4. The summed E-state index contributed by atoms with van der Waals surface area (Å²) >= 11 is 12.6. The molecule has 4 aromatic rings. The zero-order chi connectivity index (χ0) is 42.2. The largest absolute Gasteiger partial charge is 0.504 e. The smallest absolute Gasteiger partial charge is 0.417 e. The second kappa shape index (κ2) is 14.8. The number of amides is 4. The first-order valence-corrected chi connectivity index (χ1v) is 20.0. The monoisotopic (exact) mass is 861 g/mol. The number of nitrogens with zero attached hydrogens (tertiary/aromatic N) is 4. The van der Waals surface area contributed by atoms with Gasteiger partial charge in [-0.3, -0.25) is 29.5 Å². The number of ether oxygens (including phenoxy) is 2. The van der Waals surface area contributed by atoms with E-state index in [2.05, 4.69) is 15.3 Å². The van der Waals surface area contributed by atoms with Gasteiger partial charge in [-0.15, -0.1) is 0 Å². The lowest BCUT2D eigenvalue weighted by molar-refractivity contribution is -0.139. The third kappa shape index (κ3) is 6.19. The fourth-order valence-electron chi connectivity index (χ4n) is 9.93. The van der Waals surface area contributed by atoms with E-state index in [1.54, 1.807) is 42.5 Å². The normalized spacial score (nSPS) is 26.5. The maximum absolute atomic E-state index is 15.4. The highest BCUT2D eigenvalue weighted by Crippen LogP contribution is 2.64. The van der Waals surface area contributed by atoms with Crippen LogP contribution in [0.4, 0.5) is 30.4 Å². The van der Waals surface area contributed by atoms with Crippen molar-refractivity contribution in [1.29, 1.82) is 0 Å². The number of carbonyl (C=O) groups is 4. The average Bonchev–Trinajstić information content (AvgIpc) is 3.62. The molecule has 60 heavy (non-hydrogen) atoms. The topological polar surface area (TPSA) is 142 Å². The molecule has 6 unspecified atom stereocenters. The van der Waals surface area contributed by atoms with Gasteiger partial charge in [-0.05, 0) is 84.5 Å². The van der Waals surface area contributed by atoms with Gasteiger partial charge in [-0.2, -0.15) is 18.2 Å². The number of pyridine rings is 1. The second-order valence-corrected chi connectivity index (χ2v) is 16.3. The number of methoxy groups -OCH3 is 1. The fourth-order valence-corrected chi connectivity index (χ4v) is 10.3. The highest BCUT2D eigenvalue weighted by Gasteiger charge is 2.70. The van der Waals surface area contributed by atoms with Crippen LogP contribution in [-0.4, -0.2) is 72.1 Å². The van der Waals surface area contributed by atoms with E-state index < -0.39 is 69.5 Å². The molecule has 0 bridgehead atoms. The lowest BCUT2D eigenvalue weighted by Crippen LogP contribution is -2.53. The number of carbonyl (C=O) groups excluding carboxylic acids is 4. The lowest BCUT2D eigenvalue weighted by atomic mass is 9.49. The van der Waals surface area contributed by atoms with E-state index in [0.717, 1.165) is 10.7 Å². The minimum Gasteiger partial charge on any atom is -0.504 e. The van der Waals surface area contributed by atoms with Gasteiger partial charge >= 0.3 is 6.18 Å². The van der Waals surface area contributed by atoms with Gasteiger partial charge in [0.15, 0.2) is 17.3 Å². The molecule has 0 radical (unpaired) electrons. The Morgan fingerprint density at radius 2 is 1.60 bits per heavy atom. The molecule has 4 amide bonds. The summed E-state index contributed by atoms with van der Waals surface area (Å²) in [6.45, 7) is 2.58. The number of phenols is 1. The Labute approximate surface area is 351 Å². The van der Waals surface area contributed by atoms with Gasteiger partial charge in [-0.1, -0.05) is 53.1 Å². The van der Waals surface area contributed by atoms with Crippen LogP contribution in [0.15, 0.2) is 90.6 Å². The first kappa shape index (κ1) is 39.8. The van der Waals surface area contributed by atoms with Crippen LogP contribution in [0.5, 0.6) is 11.5 Å². The van der Waals surface area contributed by atoms with Crippen LogP contribution >= 0.6 is 23.2 Å². The van der Waals surface area contributed by atoms with E-state index in [1.807, 2.05) is 18.2 Å². The molecule has 2 aliphatic carbocycles. The standard InChI is InChI=1S/C43H36Cl2F3N5O7/c1-59-34-13-2-22(18-33(34)54)36-28-11-12-29-35(40(57)52(38(29)55)27-9-7-26(8-10-27)51-14-16-60-17-15-51)30(28)20-31-39(56)53(41(58)42(31,36)23-3-5-25(44)6-4-23)50-37-32(45)19-24(21-49-37)43(46,47)48/h2-11,13,18-19,21,29-31,35-36,54H,12,14-17,20H2,1H3,(H,49,50). The molecule has 3 aromatic carbocycles. The molecular formula is C43H36Cl2F3N5O7. The number of aromatic nitrogens is 1. The second-order valence-electron chi connectivity index (χ2n) is 15.5. The number of alkyl halides is 3. The molecule has 1 saturated carbocycles. The summed E-state index contributed by atoms with van der Waals surface area (Å²) in [6.07, 6.45) is -2.27. The van der Waals surface area contributed by atoms with Gasteiger partial charge in [0.05, 0.1) is 59.8 Å². The number of hydrogen-bond acceptors (Lipinski definition) is 10. The van der Waals surface area contributed by atoms with E-state index in [4.69, 9.17) is 32.7 Å². The molecule has 0 spiro atoms. The fraction of sp³-hybridized carbons (Fsp3) is 0.326. The number of hydrazine groups is 1. The predicted molar refractivity (Wildman–Crippen MR) is 213 cm³/mol. The average molecular weight is 863 g/mol. The number of hydrogen-bond donors (Lipinski definition) is 2. The molecule has 1 aromatic heterocycles. The van der Waals surface area contributed by atoms with Crippen LogP contribution in [-0.2, 0) is 35.5 Å². The van der Waals surface area contributed by atoms with E-state index in [-0.39, 0.29) is 36.1 Å². The molecule has 310 valence electrons. The minimum atomic E-state index is -4.76. The van der Waals surface area contributed by atoms with Crippen molar-refractivity contribution in [2.75, 3.05) is 48.6 Å². The Morgan fingerprint density at radius 1 is 0.900 bits per heavy atom. The summed E-state index contributed by atoms with van der Waals surface area (Å²) in [5.74, 6) is -7.50. The number of morpholine rings is 1. The maximum Gasteiger partial charge on any atom is 0.417 e. The zero-order valence-corrected chi connectivity index (χ0v) is 33.3. The summed E-state index contributed by atoms with van der Waals surface area (Å²) in [7, 11) is 1.38. The Bertz CT molecular complexity index is 2460. The van der Waals surface area contributed by atoms with Gasteiger partial charge < -0.3 is 19.5 Å². The van der Waals surface area contributed by atoms with Crippen molar-refractivity contribution < 1.29 is 46.9 Å². The number of aromatic hydroxyl groups is 1. The Balaban J connectivity index is 1.17. The number of nitrogens with one attached hydrogen (secondary N) is 1. The molecule has 12 nitrogen and oxygen atoms in total. The molecule has 4 fully saturated rings. The van der Waals surface area contributed by atoms with E-state index in [1.165, 1.54) is 24.1 Å². The summed E-state index contributed by atoms with van der Waals surface area (Å²) in [5, 5.41) is 11.7. The summed E-state index contributed by atoms with van der Waals surface area (Å²) in [5.41, 5.74) is 2.45. The molecule has 5 aliphatic rings. The first-order chi connectivity index (χ1) is 28.7. The van der Waals surface area contributed by atoms with Crippen LogP contribution in [0.3, 0.4) is 0 Å². The highest BCUT2D eigenvalue weighted by atomic mass is 35.5. The number of benzene rings is 3. The number of halogens is 5. The molecule has 3 saturated heterocycles. The first-order valence-electron chi connectivity index (χ1n) is 19.2. The summed E-state index contributed by atoms with van der Waals surface area (Å²) in [6, 6.07) is 18.9. The van der Waals surface area contributed by atoms with Crippen molar-refractivity contribution in [3.63, 3.8) is 0 Å². The van der Waals surface area contributed by atoms with Crippen molar-refractivity contribution in [2.45, 2.75) is 30.4 Å². The number of rotatable bonds is 7. The van der Waals surface area contributed by atoms with Crippen molar-refractivity contribution in [3.05, 3.63) is 117 Å². The Kier molecular flexibility index (Phi) is 9.83. The molecule has 6 atom stereocenters. The van der Waals surface area contributed by atoms with Crippen LogP contribution in [0.25, 0.3) is 0 Å². The Hall–Kier alpha value is -5.64. The lowest BCUT2D eigenvalue weighted by Gasteiger charge is -2.50. The maximum atomic E-state index is 15.4. The van der Waals surface area contributed by atoms with E-state index in [9.17, 15) is 32.7 Å². The molecule has 2 N–H and O–H groups in total. The van der Waals surface area contributed by atoms with Gasteiger partial charge in [0.1, 0.15) is 0 Å². The Morgan fingerprint density at radius 3 is 2.25 bits per heavy atom. The molecule has 4 heterocycles. The van der Waals surface area contributed by atoms with Gasteiger partial charge in [0.25, 0.3) is 11.8 Å². The van der Waals surface area contributed by atoms with E-state index >= 15 is 4.79 Å². The van der Waals surface area contributed by atoms with Crippen molar-refractivity contribution in [3.8, 4) is 11.5 Å². The van der Waals surface area contributed by atoms with Crippen LogP contribution < -0.4 is 20.0 Å². The molecular weight excluding hydrogens is 826 g/mol. The van der Waals surface area contributed by atoms with E-state index in [0.29, 0.717) is 66.0 Å². The highest BCUT2D eigenvalue weighted by molar-refractivity contribution is 6.33.